The van der Waals surface area contributed by atoms with Gasteiger partial charge in [-0.3, -0.25) is 0 Å². The summed E-state index contributed by atoms with van der Waals surface area (Å²) in [5.41, 5.74) is 10.4. The molecule has 2 N–H and O–H groups in total. The van der Waals surface area contributed by atoms with Gasteiger partial charge in [-0.2, -0.15) is 0 Å². The first-order chi connectivity index (χ1) is 8.63. The van der Waals surface area contributed by atoms with Crippen molar-refractivity contribution < 1.29 is 4.74 Å². The molecule has 0 aromatic heterocycles. The average molecular weight is 266 g/mol. The van der Waals surface area contributed by atoms with Gasteiger partial charge in [0, 0.05) is 11.1 Å². The maximum Gasteiger partial charge on any atom is 0.140 e. The number of ether oxygens (including phenoxy) is 1. The minimum atomic E-state index is 0.00315. The number of methoxy groups -OCH3 is 1. The van der Waals surface area contributed by atoms with Crippen LogP contribution in [0.25, 0.3) is 0 Å². The highest BCUT2D eigenvalue weighted by Crippen LogP contribution is 2.43. The van der Waals surface area contributed by atoms with Crippen LogP contribution in [0, 0.1) is 0 Å². The molecule has 2 aliphatic rings. The van der Waals surface area contributed by atoms with Gasteiger partial charge in [0.15, 0.2) is 0 Å². The Morgan fingerprint density at radius 1 is 1.33 bits per heavy atom. The van der Waals surface area contributed by atoms with Crippen molar-refractivity contribution in [2.45, 2.75) is 50.5 Å². The lowest BCUT2D eigenvalue weighted by Crippen LogP contribution is -2.26. The molecule has 2 nitrogen and oxygen atoms in total. The van der Waals surface area contributed by atoms with Gasteiger partial charge in [-0.05, 0) is 62.1 Å². The molecule has 0 saturated heterocycles. The first-order valence-electron chi connectivity index (χ1n) is 6.79. The highest BCUT2D eigenvalue weighted by Gasteiger charge is 2.40. The van der Waals surface area contributed by atoms with Gasteiger partial charge in [-0.25, -0.2) is 0 Å². The van der Waals surface area contributed by atoms with Gasteiger partial charge in [-0.15, -0.1) is 0 Å². The van der Waals surface area contributed by atoms with Crippen molar-refractivity contribution in [2.75, 3.05) is 7.11 Å². The number of hydrogen-bond acceptors (Lipinski definition) is 2. The zero-order chi connectivity index (χ0) is 12.8. The van der Waals surface area contributed by atoms with E-state index in [0.717, 1.165) is 42.9 Å². The Kier molecular flexibility index (Phi) is 3.03. The second-order valence-corrected chi connectivity index (χ2v) is 6.16. The first kappa shape index (κ1) is 12.3. The molecular formula is C15H20ClNO. The molecule has 18 heavy (non-hydrogen) atoms. The maximum absolute atomic E-state index is 6.35. The molecule has 0 amide bonds. The summed E-state index contributed by atoms with van der Waals surface area (Å²) >= 11 is 6.35. The molecule has 0 unspecified atom stereocenters. The van der Waals surface area contributed by atoms with Gasteiger partial charge in [0.2, 0.25) is 0 Å². The summed E-state index contributed by atoms with van der Waals surface area (Å²) in [6.45, 7) is 0. The molecule has 0 radical (unpaired) electrons. The highest BCUT2D eigenvalue weighted by molar-refractivity contribution is 6.32. The van der Waals surface area contributed by atoms with Crippen LogP contribution in [0.3, 0.4) is 0 Å². The molecule has 3 rings (SSSR count). The molecule has 98 valence electrons. The van der Waals surface area contributed by atoms with E-state index in [1.54, 1.807) is 7.11 Å². The quantitative estimate of drug-likeness (QED) is 0.911. The van der Waals surface area contributed by atoms with E-state index in [2.05, 4.69) is 6.07 Å². The van der Waals surface area contributed by atoms with Crippen LogP contribution < -0.4 is 10.5 Å². The number of benzene rings is 1. The topological polar surface area (TPSA) is 35.2 Å². The van der Waals surface area contributed by atoms with Gasteiger partial charge < -0.3 is 10.5 Å². The molecule has 1 aromatic rings. The summed E-state index contributed by atoms with van der Waals surface area (Å²) in [7, 11) is 1.70. The van der Waals surface area contributed by atoms with E-state index in [-0.39, 0.29) is 5.54 Å². The molecule has 0 atom stereocenters. The fourth-order valence-corrected chi connectivity index (χ4v) is 3.35. The molecule has 3 heteroatoms. The fraction of sp³-hybridized carbons (Fsp3) is 0.600. The van der Waals surface area contributed by atoms with E-state index in [4.69, 9.17) is 22.1 Å². The van der Waals surface area contributed by atoms with Crippen LogP contribution in [0.15, 0.2) is 6.07 Å². The van der Waals surface area contributed by atoms with Crippen LogP contribution in [0.4, 0.5) is 0 Å². The predicted octanol–water partition coefficient (Wildman–Crippen LogP) is 3.26. The zero-order valence-electron chi connectivity index (χ0n) is 10.9. The smallest absolute Gasteiger partial charge is 0.140 e. The van der Waals surface area contributed by atoms with E-state index < -0.39 is 0 Å². The summed E-state index contributed by atoms with van der Waals surface area (Å²) in [6.07, 6.45) is 7.98. The molecule has 0 aliphatic heterocycles. The van der Waals surface area contributed by atoms with Gasteiger partial charge >= 0.3 is 0 Å². The van der Waals surface area contributed by atoms with Crippen molar-refractivity contribution in [3.63, 3.8) is 0 Å². The molecule has 1 aromatic carbocycles. The number of rotatable bonds is 3. The number of hydrogen-bond donors (Lipinski definition) is 1. The monoisotopic (exact) mass is 265 g/mol. The maximum atomic E-state index is 6.35. The number of aryl methyl sites for hydroxylation is 1. The minimum absolute atomic E-state index is 0.00315. The lowest BCUT2D eigenvalue weighted by molar-refractivity contribution is 0.405. The highest BCUT2D eigenvalue weighted by atomic mass is 35.5. The summed E-state index contributed by atoms with van der Waals surface area (Å²) < 4.78 is 5.53. The SMILES string of the molecule is COc1c(Cl)cc2c(c1CC1(N)CC1)CCCC2. The van der Waals surface area contributed by atoms with Crippen LogP contribution in [-0.4, -0.2) is 12.6 Å². The van der Waals surface area contributed by atoms with E-state index in [1.165, 1.54) is 29.5 Å². The first-order valence-corrected chi connectivity index (χ1v) is 7.17. The van der Waals surface area contributed by atoms with Crippen molar-refractivity contribution >= 4 is 11.6 Å². The molecule has 1 fully saturated rings. The molecule has 1 saturated carbocycles. The van der Waals surface area contributed by atoms with Crippen LogP contribution in [-0.2, 0) is 19.3 Å². The Morgan fingerprint density at radius 3 is 2.72 bits per heavy atom. The van der Waals surface area contributed by atoms with Gasteiger partial charge in [-0.1, -0.05) is 11.6 Å². The van der Waals surface area contributed by atoms with Crippen LogP contribution in [0.2, 0.25) is 5.02 Å². The van der Waals surface area contributed by atoms with Crippen molar-refractivity contribution in [1.29, 1.82) is 0 Å². The van der Waals surface area contributed by atoms with Crippen LogP contribution >= 0.6 is 11.6 Å². The Balaban J connectivity index is 2.08. The van der Waals surface area contributed by atoms with Gasteiger partial charge in [0.25, 0.3) is 0 Å². The number of halogens is 1. The van der Waals surface area contributed by atoms with Gasteiger partial charge in [0.1, 0.15) is 5.75 Å². The Hall–Kier alpha value is -0.730. The Labute approximate surface area is 113 Å². The Bertz CT molecular complexity index is 480. The molecule has 0 bridgehead atoms. The largest absolute Gasteiger partial charge is 0.495 e. The summed E-state index contributed by atoms with van der Waals surface area (Å²) in [5, 5.41) is 0.748. The van der Waals surface area contributed by atoms with Crippen molar-refractivity contribution in [2.24, 2.45) is 5.73 Å². The molecular weight excluding hydrogens is 246 g/mol. The number of fused-ring (bicyclic) bond motifs is 1. The summed E-state index contributed by atoms with van der Waals surface area (Å²) in [5.74, 6) is 0.856. The third-order valence-electron chi connectivity index (χ3n) is 4.29. The van der Waals surface area contributed by atoms with E-state index in [0.29, 0.717) is 0 Å². The fourth-order valence-electron chi connectivity index (χ4n) is 3.03. The number of nitrogens with two attached hydrogens (primary N) is 1. The summed E-state index contributed by atoms with van der Waals surface area (Å²) in [4.78, 5) is 0. The van der Waals surface area contributed by atoms with Crippen LogP contribution in [0.5, 0.6) is 5.75 Å². The van der Waals surface area contributed by atoms with Gasteiger partial charge in [0.05, 0.1) is 12.1 Å². The molecule has 0 spiro atoms. The van der Waals surface area contributed by atoms with E-state index in [1.807, 2.05) is 0 Å². The van der Waals surface area contributed by atoms with Crippen molar-refractivity contribution in [3.05, 3.63) is 27.8 Å². The van der Waals surface area contributed by atoms with Crippen molar-refractivity contribution in [1.82, 2.24) is 0 Å². The molecule has 0 heterocycles. The van der Waals surface area contributed by atoms with Crippen molar-refractivity contribution in [3.8, 4) is 5.75 Å². The molecule has 2 aliphatic carbocycles. The lowest BCUT2D eigenvalue weighted by Gasteiger charge is -2.24. The van der Waals surface area contributed by atoms with E-state index in [9.17, 15) is 0 Å². The summed E-state index contributed by atoms with van der Waals surface area (Å²) in [6, 6.07) is 2.09. The lowest BCUT2D eigenvalue weighted by atomic mass is 9.85. The minimum Gasteiger partial charge on any atom is -0.495 e. The normalized spacial score (nSPS) is 20.4. The standard InChI is InChI=1S/C15H20ClNO/c1-18-14-12(9-15(17)6-7-15)11-5-3-2-4-10(11)8-13(14)16/h8H,2-7,9,17H2,1H3. The third kappa shape index (κ3) is 2.12. The zero-order valence-corrected chi connectivity index (χ0v) is 11.6. The average Bonchev–Trinajstić information content (AvgIpc) is 3.07. The second-order valence-electron chi connectivity index (χ2n) is 5.75. The predicted molar refractivity (Wildman–Crippen MR) is 74.5 cm³/mol. The third-order valence-corrected chi connectivity index (χ3v) is 4.57. The second kappa shape index (κ2) is 4.43. The Morgan fingerprint density at radius 2 is 2.06 bits per heavy atom. The van der Waals surface area contributed by atoms with E-state index >= 15 is 0 Å². The van der Waals surface area contributed by atoms with Crippen LogP contribution in [0.1, 0.15) is 42.4 Å².